The van der Waals surface area contributed by atoms with Crippen LogP contribution in [0.15, 0.2) is 30.3 Å². The molecule has 3 N–H and O–H groups in total. The van der Waals surface area contributed by atoms with Gasteiger partial charge in [-0.2, -0.15) is 0 Å². The zero-order valence-electron chi connectivity index (χ0n) is 10.9. The van der Waals surface area contributed by atoms with E-state index >= 15 is 0 Å². The maximum absolute atomic E-state index is 13.1. The maximum Gasteiger partial charge on any atom is 0.143 e. The van der Waals surface area contributed by atoms with Gasteiger partial charge in [-0.05, 0) is 24.1 Å². The van der Waals surface area contributed by atoms with E-state index in [9.17, 15) is 4.39 Å². The van der Waals surface area contributed by atoms with Crippen LogP contribution in [0.1, 0.15) is 30.4 Å². The number of aryl methyl sites for hydroxylation is 1. The monoisotopic (exact) mass is 260 g/mol. The fourth-order valence-corrected chi connectivity index (χ4v) is 1.92. The third-order valence-corrected chi connectivity index (χ3v) is 2.73. The van der Waals surface area contributed by atoms with Gasteiger partial charge in [0, 0.05) is 18.2 Å². The molecule has 0 aliphatic rings. The van der Waals surface area contributed by atoms with Crippen molar-refractivity contribution in [1.82, 2.24) is 9.97 Å². The third kappa shape index (κ3) is 3.72. The summed E-state index contributed by atoms with van der Waals surface area (Å²) in [5.74, 6) is 6.38. The van der Waals surface area contributed by atoms with Crippen LogP contribution < -0.4 is 11.3 Å². The Kier molecular flexibility index (Phi) is 4.41. The quantitative estimate of drug-likeness (QED) is 0.640. The van der Waals surface area contributed by atoms with E-state index in [1.165, 1.54) is 12.1 Å². The first kappa shape index (κ1) is 13.4. The number of halogens is 1. The van der Waals surface area contributed by atoms with E-state index in [1.54, 1.807) is 6.07 Å². The highest BCUT2D eigenvalue weighted by molar-refractivity contribution is 5.35. The first-order valence-corrected chi connectivity index (χ1v) is 6.29. The van der Waals surface area contributed by atoms with Gasteiger partial charge in [0.2, 0.25) is 0 Å². The van der Waals surface area contributed by atoms with E-state index in [0.717, 1.165) is 24.1 Å². The Hall–Kier alpha value is -2.01. The molecule has 0 bridgehead atoms. The number of hydrazine groups is 1. The lowest BCUT2D eigenvalue weighted by Gasteiger charge is -2.07. The second-order valence-corrected chi connectivity index (χ2v) is 4.36. The van der Waals surface area contributed by atoms with Crippen molar-refractivity contribution in [2.75, 3.05) is 5.43 Å². The number of nitrogen functional groups attached to an aromatic ring is 1. The van der Waals surface area contributed by atoms with Crippen LogP contribution in [0.2, 0.25) is 0 Å². The van der Waals surface area contributed by atoms with Crippen LogP contribution in [0.25, 0.3) is 0 Å². The molecule has 4 nitrogen and oxygen atoms in total. The summed E-state index contributed by atoms with van der Waals surface area (Å²) in [6.07, 6.45) is 2.36. The van der Waals surface area contributed by atoms with E-state index in [-0.39, 0.29) is 5.82 Å². The van der Waals surface area contributed by atoms with Gasteiger partial charge in [0.05, 0.1) is 0 Å². The van der Waals surface area contributed by atoms with Gasteiger partial charge >= 0.3 is 0 Å². The van der Waals surface area contributed by atoms with Crippen LogP contribution >= 0.6 is 0 Å². The van der Waals surface area contributed by atoms with E-state index in [1.807, 2.05) is 12.1 Å². The molecule has 0 fully saturated rings. The molecule has 0 saturated carbocycles. The molecule has 0 radical (unpaired) electrons. The molecule has 0 aliphatic carbocycles. The smallest absolute Gasteiger partial charge is 0.143 e. The number of benzene rings is 1. The normalized spacial score (nSPS) is 10.5. The topological polar surface area (TPSA) is 63.8 Å². The molecule has 100 valence electrons. The lowest BCUT2D eigenvalue weighted by molar-refractivity contribution is 0.625. The molecule has 19 heavy (non-hydrogen) atoms. The molecule has 5 heteroatoms. The van der Waals surface area contributed by atoms with E-state index in [2.05, 4.69) is 22.3 Å². The number of aromatic nitrogens is 2. The van der Waals surface area contributed by atoms with Gasteiger partial charge in [-0.15, -0.1) is 0 Å². The first-order chi connectivity index (χ1) is 9.21. The summed E-state index contributed by atoms with van der Waals surface area (Å²) in [6.45, 7) is 2.09. The Balaban J connectivity index is 2.26. The molecule has 2 aromatic rings. The van der Waals surface area contributed by atoms with Crippen molar-refractivity contribution in [2.24, 2.45) is 5.84 Å². The number of hydrogen-bond donors (Lipinski definition) is 2. The highest BCUT2D eigenvalue weighted by Gasteiger charge is 2.05. The molecular weight excluding hydrogens is 243 g/mol. The minimum Gasteiger partial charge on any atom is -0.308 e. The summed E-state index contributed by atoms with van der Waals surface area (Å²) < 4.78 is 13.1. The first-order valence-electron chi connectivity index (χ1n) is 6.29. The van der Waals surface area contributed by atoms with Crippen LogP contribution in [0.4, 0.5) is 10.2 Å². The molecule has 0 atom stereocenters. The number of nitrogens with two attached hydrogens (primary N) is 1. The average molecular weight is 260 g/mol. The van der Waals surface area contributed by atoms with Gasteiger partial charge in [-0.3, -0.25) is 0 Å². The summed E-state index contributed by atoms with van der Waals surface area (Å²) in [6, 6.07) is 8.28. The molecule has 0 aliphatic heterocycles. The Morgan fingerprint density at radius 3 is 2.79 bits per heavy atom. The van der Waals surface area contributed by atoms with E-state index in [4.69, 9.17) is 5.84 Å². The van der Waals surface area contributed by atoms with E-state index in [0.29, 0.717) is 18.1 Å². The number of anilines is 1. The fourth-order valence-electron chi connectivity index (χ4n) is 1.92. The Labute approximate surface area is 111 Å². The van der Waals surface area contributed by atoms with Crippen molar-refractivity contribution >= 4 is 5.82 Å². The van der Waals surface area contributed by atoms with Gasteiger partial charge in [0.15, 0.2) is 0 Å². The summed E-state index contributed by atoms with van der Waals surface area (Å²) in [7, 11) is 0. The molecule has 1 heterocycles. The molecule has 0 unspecified atom stereocenters. The second-order valence-electron chi connectivity index (χ2n) is 4.36. The zero-order valence-corrected chi connectivity index (χ0v) is 10.9. The highest BCUT2D eigenvalue weighted by Crippen LogP contribution is 2.12. The maximum atomic E-state index is 13.1. The van der Waals surface area contributed by atoms with Crippen molar-refractivity contribution < 1.29 is 4.39 Å². The van der Waals surface area contributed by atoms with Gasteiger partial charge < -0.3 is 5.43 Å². The summed E-state index contributed by atoms with van der Waals surface area (Å²) >= 11 is 0. The summed E-state index contributed by atoms with van der Waals surface area (Å²) in [5.41, 5.74) is 4.32. The van der Waals surface area contributed by atoms with Crippen molar-refractivity contribution in [1.29, 1.82) is 0 Å². The molecular formula is C14H17FN4. The van der Waals surface area contributed by atoms with Crippen molar-refractivity contribution in [3.63, 3.8) is 0 Å². The van der Waals surface area contributed by atoms with E-state index < -0.39 is 0 Å². The van der Waals surface area contributed by atoms with Crippen LogP contribution in [0.3, 0.4) is 0 Å². The number of nitrogens with zero attached hydrogens (tertiary/aromatic N) is 2. The molecule has 2 rings (SSSR count). The predicted octanol–water partition coefficient (Wildman–Crippen LogP) is 2.44. The molecule has 1 aromatic heterocycles. The lowest BCUT2D eigenvalue weighted by Crippen LogP contribution is -2.12. The standard InChI is InChI=1S/C14H17FN4/c1-2-4-12-9-14(19-16)18-13(17-12)8-10-5-3-6-11(15)7-10/h3,5-7,9H,2,4,8,16H2,1H3,(H,17,18,19). The molecule has 1 aromatic carbocycles. The number of nitrogens with one attached hydrogen (secondary N) is 1. The predicted molar refractivity (Wildman–Crippen MR) is 73.0 cm³/mol. The lowest BCUT2D eigenvalue weighted by atomic mass is 10.1. The minimum absolute atomic E-state index is 0.251. The number of rotatable bonds is 5. The van der Waals surface area contributed by atoms with Crippen LogP contribution in [-0.2, 0) is 12.8 Å². The van der Waals surface area contributed by atoms with Crippen molar-refractivity contribution in [2.45, 2.75) is 26.2 Å². The van der Waals surface area contributed by atoms with Gasteiger partial charge in [-0.1, -0.05) is 25.5 Å². The Morgan fingerprint density at radius 1 is 1.26 bits per heavy atom. The van der Waals surface area contributed by atoms with Gasteiger partial charge in [-0.25, -0.2) is 20.2 Å². The van der Waals surface area contributed by atoms with Crippen LogP contribution in [0, 0.1) is 5.82 Å². The molecule has 0 saturated heterocycles. The molecule has 0 amide bonds. The molecule has 0 spiro atoms. The fraction of sp³-hybridized carbons (Fsp3) is 0.286. The Morgan fingerprint density at radius 2 is 2.11 bits per heavy atom. The summed E-state index contributed by atoms with van der Waals surface area (Å²) in [5, 5.41) is 0. The second kappa shape index (κ2) is 6.24. The van der Waals surface area contributed by atoms with Gasteiger partial charge in [0.1, 0.15) is 17.5 Å². The Bertz CT molecular complexity index is 557. The minimum atomic E-state index is -0.251. The summed E-state index contributed by atoms with van der Waals surface area (Å²) in [4.78, 5) is 8.76. The van der Waals surface area contributed by atoms with Crippen molar-refractivity contribution in [3.05, 3.63) is 53.2 Å². The van der Waals surface area contributed by atoms with Crippen LogP contribution in [-0.4, -0.2) is 9.97 Å². The third-order valence-electron chi connectivity index (χ3n) is 2.73. The largest absolute Gasteiger partial charge is 0.308 e. The SMILES string of the molecule is CCCc1cc(NN)nc(Cc2cccc(F)c2)n1. The zero-order chi connectivity index (χ0) is 13.7. The highest BCUT2D eigenvalue weighted by atomic mass is 19.1. The van der Waals surface area contributed by atoms with Gasteiger partial charge in [0.25, 0.3) is 0 Å². The van der Waals surface area contributed by atoms with Crippen LogP contribution in [0.5, 0.6) is 0 Å². The number of hydrogen-bond acceptors (Lipinski definition) is 4. The van der Waals surface area contributed by atoms with Crippen molar-refractivity contribution in [3.8, 4) is 0 Å². The average Bonchev–Trinajstić information content (AvgIpc) is 2.39.